The van der Waals surface area contributed by atoms with Crippen LogP contribution in [0, 0.1) is 5.82 Å². The van der Waals surface area contributed by atoms with Crippen LogP contribution in [0.1, 0.15) is 18.2 Å². The number of rotatable bonds is 7. The molecule has 1 saturated heterocycles. The van der Waals surface area contributed by atoms with Gasteiger partial charge in [-0.15, -0.1) is 0 Å². The zero-order valence-electron chi connectivity index (χ0n) is 18.3. The number of halogens is 2. The van der Waals surface area contributed by atoms with Crippen molar-refractivity contribution in [1.82, 2.24) is 9.55 Å². The zero-order chi connectivity index (χ0) is 23.7. The number of ether oxygens (including phenoxy) is 1. The lowest BCUT2D eigenvalue weighted by Crippen LogP contribution is -2.26. The molecule has 1 aliphatic rings. The number of carbonyl (C=O) groups excluding carboxylic acids is 1. The summed E-state index contributed by atoms with van der Waals surface area (Å²) in [5.74, 6) is 0.687. The molecule has 6 nitrogen and oxygen atoms in total. The first-order valence-corrected chi connectivity index (χ1v) is 11.4. The van der Waals surface area contributed by atoms with E-state index in [0.29, 0.717) is 23.0 Å². The number of anilines is 1. The molecule has 174 valence electrons. The molecule has 0 aliphatic carbocycles. The molecule has 34 heavy (non-hydrogen) atoms. The summed E-state index contributed by atoms with van der Waals surface area (Å²) in [5.41, 5.74) is 2.33. The smallest absolute Gasteiger partial charge is 0.227 e. The van der Waals surface area contributed by atoms with E-state index in [9.17, 15) is 14.3 Å². The lowest BCUT2D eigenvalue weighted by molar-refractivity contribution is -0.117. The first-order valence-electron chi connectivity index (χ1n) is 11.1. The Bertz CT molecular complexity index is 1320. The van der Waals surface area contributed by atoms with Crippen LogP contribution in [0.2, 0.25) is 5.02 Å². The molecular formula is C26H23ClFN3O3. The Hall–Kier alpha value is -3.42. The molecule has 4 aromatic rings. The van der Waals surface area contributed by atoms with Crippen LogP contribution in [-0.4, -0.2) is 39.8 Å². The second-order valence-electron chi connectivity index (χ2n) is 8.35. The molecule has 1 aromatic heterocycles. The van der Waals surface area contributed by atoms with E-state index in [1.807, 2.05) is 41.0 Å². The van der Waals surface area contributed by atoms with Gasteiger partial charge in [-0.3, -0.25) is 4.79 Å². The Morgan fingerprint density at radius 3 is 2.62 bits per heavy atom. The van der Waals surface area contributed by atoms with Gasteiger partial charge in [0.2, 0.25) is 5.91 Å². The Kier molecular flexibility index (Phi) is 6.22. The van der Waals surface area contributed by atoms with E-state index >= 15 is 0 Å². The van der Waals surface area contributed by atoms with Crippen molar-refractivity contribution < 1.29 is 19.0 Å². The third kappa shape index (κ3) is 4.49. The van der Waals surface area contributed by atoms with E-state index in [-0.39, 0.29) is 37.2 Å². The van der Waals surface area contributed by atoms with Crippen molar-refractivity contribution in [3.63, 3.8) is 0 Å². The number of carbonyl (C=O) groups is 1. The molecule has 2 unspecified atom stereocenters. The van der Waals surface area contributed by atoms with Crippen LogP contribution >= 0.6 is 11.6 Å². The Morgan fingerprint density at radius 2 is 1.82 bits per heavy atom. The van der Waals surface area contributed by atoms with E-state index in [2.05, 4.69) is 0 Å². The van der Waals surface area contributed by atoms with E-state index < -0.39 is 6.10 Å². The quantitative estimate of drug-likeness (QED) is 0.414. The van der Waals surface area contributed by atoms with Crippen molar-refractivity contribution in [2.24, 2.45) is 0 Å². The van der Waals surface area contributed by atoms with Gasteiger partial charge in [-0.05, 0) is 48.5 Å². The van der Waals surface area contributed by atoms with E-state index in [4.69, 9.17) is 21.3 Å². The molecule has 0 radical (unpaired) electrons. The first-order chi connectivity index (χ1) is 16.5. The minimum absolute atomic E-state index is 0.0437. The van der Waals surface area contributed by atoms with E-state index in [0.717, 1.165) is 16.9 Å². The monoisotopic (exact) mass is 479 g/mol. The minimum Gasteiger partial charge on any atom is -0.489 e. The Morgan fingerprint density at radius 1 is 1.09 bits per heavy atom. The Balaban J connectivity index is 1.38. The van der Waals surface area contributed by atoms with Crippen LogP contribution in [0.25, 0.3) is 11.0 Å². The van der Waals surface area contributed by atoms with Crippen LogP contribution in [0.3, 0.4) is 0 Å². The van der Waals surface area contributed by atoms with Gasteiger partial charge < -0.3 is 19.3 Å². The molecule has 1 N–H and O–H groups in total. The molecule has 0 saturated carbocycles. The molecule has 8 heteroatoms. The molecule has 1 aliphatic heterocycles. The van der Waals surface area contributed by atoms with Crippen LogP contribution < -0.4 is 9.64 Å². The molecule has 0 bridgehead atoms. The van der Waals surface area contributed by atoms with E-state index in [1.165, 1.54) is 12.1 Å². The number of amides is 1. The summed E-state index contributed by atoms with van der Waals surface area (Å²) in [5, 5.41) is 11.3. The molecule has 1 fully saturated rings. The summed E-state index contributed by atoms with van der Waals surface area (Å²) in [7, 11) is 0. The number of nitrogens with zero attached hydrogens (tertiary/aromatic N) is 3. The fourth-order valence-electron chi connectivity index (χ4n) is 4.36. The SMILES string of the molecule is O=C1CC(c2nc3ccccc3n2CC(O)COc2ccccc2Cl)CN1c1ccc(F)cc1. The van der Waals surface area contributed by atoms with Crippen molar-refractivity contribution in [3.8, 4) is 5.75 Å². The predicted octanol–water partition coefficient (Wildman–Crippen LogP) is 4.79. The number of hydrogen-bond donors (Lipinski definition) is 1. The fourth-order valence-corrected chi connectivity index (χ4v) is 4.55. The summed E-state index contributed by atoms with van der Waals surface area (Å²) in [6.07, 6.45) is -0.537. The highest BCUT2D eigenvalue weighted by atomic mass is 35.5. The lowest BCUT2D eigenvalue weighted by Gasteiger charge is -2.19. The molecule has 0 spiro atoms. The van der Waals surface area contributed by atoms with Gasteiger partial charge in [0, 0.05) is 24.6 Å². The second kappa shape index (κ2) is 9.44. The third-order valence-electron chi connectivity index (χ3n) is 5.97. The van der Waals surface area contributed by atoms with Gasteiger partial charge in [-0.25, -0.2) is 9.37 Å². The van der Waals surface area contributed by atoms with Gasteiger partial charge in [-0.1, -0.05) is 35.9 Å². The summed E-state index contributed by atoms with van der Waals surface area (Å²) in [6.45, 7) is 0.739. The number of hydrogen-bond acceptors (Lipinski definition) is 4. The maximum Gasteiger partial charge on any atom is 0.227 e. The number of aliphatic hydroxyl groups excluding tert-OH is 1. The molecule has 5 rings (SSSR count). The van der Waals surface area contributed by atoms with Gasteiger partial charge in [-0.2, -0.15) is 0 Å². The number of aromatic nitrogens is 2. The molecule has 1 amide bonds. The maximum absolute atomic E-state index is 13.3. The lowest BCUT2D eigenvalue weighted by atomic mass is 10.1. The van der Waals surface area contributed by atoms with Crippen LogP contribution in [-0.2, 0) is 11.3 Å². The average Bonchev–Trinajstić information content (AvgIpc) is 3.40. The minimum atomic E-state index is -0.821. The van der Waals surface area contributed by atoms with Gasteiger partial charge in [0.25, 0.3) is 0 Å². The molecule has 3 aromatic carbocycles. The van der Waals surface area contributed by atoms with Gasteiger partial charge in [0.15, 0.2) is 0 Å². The molecular weight excluding hydrogens is 457 g/mol. The first kappa shape index (κ1) is 22.4. The topological polar surface area (TPSA) is 67.6 Å². The van der Waals surface area contributed by atoms with Crippen molar-refractivity contribution in [2.75, 3.05) is 18.1 Å². The van der Waals surface area contributed by atoms with Crippen molar-refractivity contribution in [3.05, 3.63) is 89.5 Å². The summed E-state index contributed by atoms with van der Waals surface area (Å²) in [6, 6.07) is 20.7. The zero-order valence-corrected chi connectivity index (χ0v) is 19.0. The highest BCUT2D eigenvalue weighted by Gasteiger charge is 2.35. The third-order valence-corrected chi connectivity index (χ3v) is 6.29. The second-order valence-corrected chi connectivity index (χ2v) is 8.75. The van der Waals surface area contributed by atoms with Gasteiger partial charge >= 0.3 is 0 Å². The summed E-state index contributed by atoms with van der Waals surface area (Å²) < 4.78 is 21.0. The normalized spacial score (nSPS) is 16.9. The molecule has 2 atom stereocenters. The van der Waals surface area contributed by atoms with Crippen molar-refractivity contribution >= 4 is 34.2 Å². The Labute approximate surface area is 201 Å². The maximum atomic E-state index is 13.3. The number of para-hydroxylation sites is 3. The van der Waals surface area contributed by atoms with Crippen LogP contribution in [0.4, 0.5) is 10.1 Å². The number of imidazole rings is 1. The summed E-state index contributed by atoms with van der Waals surface area (Å²) in [4.78, 5) is 19.3. The standard InChI is InChI=1S/C26H23ClFN3O3/c27-21-5-1-4-8-24(21)34-16-20(32)15-31-23-7-3-2-6-22(23)29-26(31)17-13-25(33)30(14-17)19-11-9-18(28)10-12-19/h1-12,17,20,32H,13-16H2. The highest BCUT2D eigenvalue weighted by Crippen LogP contribution is 2.33. The average molecular weight is 480 g/mol. The van der Waals surface area contributed by atoms with E-state index in [1.54, 1.807) is 29.2 Å². The van der Waals surface area contributed by atoms with Crippen molar-refractivity contribution in [1.29, 1.82) is 0 Å². The highest BCUT2D eigenvalue weighted by molar-refractivity contribution is 6.32. The number of aliphatic hydroxyl groups is 1. The summed E-state index contributed by atoms with van der Waals surface area (Å²) >= 11 is 6.15. The van der Waals surface area contributed by atoms with Gasteiger partial charge in [0.1, 0.15) is 30.1 Å². The number of fused-ring (bicyclic) bond motifs is 1. The predicted molar refractivity (Wildman–Crippen MR) is 129 cm³/mol. The van der Waals surface area contributed by atoms with Crippen LogP contribution in [0.15, 0.2) is 72.8 Å². The van der Waals surface area contributed by atoms with Crippen LogP contribution in [0.5, 0.6) is 5.75 Å². The largest absolute Gasteiger partial charge is 0.489 e. The number of benzene rings is 3. The van der Waals surface area contributed by atoms with Gasteiger partial charge in [0.05, 0.1) is 22.6 Å². The molecule has 2 heterocycles. The fraction of sp³-hybridized carbons (Fsp3) is 0.231. The van der Waals surface area contributed by atoms with Crippen molar-refractivity contribution in [2.45, 2.75) is 25.0 Å².